The number of carbonyl (C=O) groups excluding carboxylic acids is 1. The minimum Gasteiger partial charge on any atom is -0.507 e. The maximum absolute atomic E-state index is 12.3. The Bertz CT molecular complexity index is 865. The predicted octanol–water partition coefficient (Wildman–Crippen LogP) is 5.63. The molecule has 0 saturated heterocycles. The van der Waals surface area contributed by atoms with E-state index in [0.717, 1.165) is 22.3 Å². The summed E-state index contributed by atoms with van der Waals surface area (Å²) in [5, 5.41) is 11.8. The molecule has 0 atom stereocenters. The Morgan fingerprint density at radius 2 is 1.71 bits per heavy atom. The van der Waals surface area contributed by atoms with E-state index in [1.54, 1.807) is 23.5 Å². The molecule has 3 aromatic rings. The van der Waals surface area contributed by atoms with Crippen LogP contribution >= 0.6 is 11.3 Å². The zero-order chi connectivity index (χ0) is 17.1. The summed E-state index contributed by atoms with van der Waals surface area (Å²) in [4.78, 5) is 13.5. The van der Waals surface area contributed by atoms with Crippen LogP contribution < -0.4 is 0 Å². The van der Waals surface area contributed by atoms with Gasteiger partial charge >= 0.3 is 0 Å². The number of hydrogen-bond donors (Lipinski definition) is 1. The van der Waals surface area contributed by atoms with E-state index >= 15 is 0 Å². The Hall–Kier alpha value is -2.65. The number of hydrogen-bond acceptors (Lipinski definition) is 3. The molecule has 2 nitrogen and oxygen atoms in total. The van der Waals surface area contributed by atoms with Gasteiger partial charge in [-0.3, -0.25) is 4.79 Å². The number of phenols is 1. The lowest BCUT2D eigenvalue weighted by molar-refractivity contribution is 0.104. The van der Waals surface area contributed by atoms with Crippen molar-refractivity contribution in [3.05, 3.63) is 82.2 Å². The van der Waals surface area contributed by atoms with Crippen molar-refractivity contribution in [3.8, 4) is 16.2 Å². The second-order valence-corrected chi connectivity index (χ2v) is 6.70. The first-order chi connectivity index (χ1) is 11.5. The van der Waals surface area contributed by atoms with Crippen LogP contribution in [0.2, 0.25) is 0 Å². The highest BCUT2D eigenvalue weighted by Gasteiger charge is 2.05. The molecule has 3 heteroatoms. The number of benzene rings is 2. The molecule has 3 rings (SSSR count). The molecule has 0 saturated carbocycles. The number of aryl methyl sites for hydroxylation is 2. The number of rotatable bonds is 4. The van der Waals surface area contributed by atoms with Crippen molar-refractivity contribution in [2.45, 2.75) is 13.8 Å². The van der Waals surface area contributed by atoms with E-state index in [-0.39, 0.29) is 5.78 Å². The quantitative estimate of drug-likeness (QED) is 0.495. The number of carbonyl (C=O) groups is 1. The maximum atomic E-state index is 12.3. The smallest absolute Gasteiger partial charge is 0.185 e. The number of phenolic OH excluding ortho intramolecular Hbond substituents is 1. The lowest BCUT2D eigenvalue weighted by atomic mass is 10.0. The van der Waals surface area contributed by atoms with Gasteiger partial charge in [-0.05, 0) is 65.8 Å². The van der Waals surface area contributed by atoms with Crippen LogP contribution in [0.5, 0.6) is 5.75 Å². The van der Waals surface area contributed by atoms with Gasteiger partial charge in [-0.1, -0.05) is 36.4 Å². The van der Waals surface area contributed by atoms with Crippen molar-refractivity contribution in [2.75, 3.05) is 0 Å². The third-order valence-corrected chi connectivity index (χ3v) is 4.83. The highest BCUT2D eigenvalue weighted by Crippen LogP contribution is 2.25. The van der Waals surface area contributed by atoms with Gasteiger partial charge in [-0.15, -0.1) is 11.3 Å². The van der Waals surface area contributed by atoms with Crippen molar-refractivity contribution in [1.29, 1.82) is 0 Å². The molecule has 0 unspecified atom stereocenters. The van der Waals surface area contributed by atoms with E-state index in [4.69, 9.17) is 0 Å². The number of ketones is 1. The summed E-state index contributed by atoms with van der Waals surface area (Å²) in [6, 6.07) is 15.5. The Balaban J connectivity index is 1.77. The van der Waals surface area contributed by atoms with Crippen LogP contribution in [0.3, 0.4) is 0 Å². The molecular formula is C21H18O2S. The van der Waals surface area contributed by atoms with Crippen LogP contribution in [-0.2, 0) is 0 Å². The summed E-state index contributed by atoms with van der Waals surface area (Å²) >= 11 is 1.68. The Kier molecular flexibility index (Phi) is 4.63. The number of thiophene rings is 1. The molecule has 1 N–H and O–H groups in total. The van der Waals surface area contributed by atoms with Crippen LogP contribution in [0, 0.1) is 13.8 Å². The van der Waals surface area contributed by atoms with E-state index in [1.165, 1.54) is 4.88 Å². The van der Waals surface area contributed by atoms with Crippen molar-refractivity contribution < 1.29 is 9.90 Å². The molecule has 0 spiro atoms. The SMILES string of the molecule is Cc1cc(/C=C/C(=O)c2ccc(-c3cccs3)cc2)cc(C)c1O. The summed E-state index contributed by atoms with van der Waals surface area (Å²) in [5.41, 5.74) is 4.31. The van der Waals surface area contributed by atoms with Crippen LogP contribution in [-0.4, -0.2) is 10.9 Å². The minimum absolute atomic E-state index is 0.0314. The van der Waals surface area contributed by atoms with Gasteiger partial charge in [0, 0.05) is 10.4 Å². The van der Waals surface area contributed by atoms with E-state index in [2.05, 4.69) is 6.07 Å². The fraction of sp³-hybridized carbons (Fsp3) is 0.0952. The van der Waals surface area contributed by atoms with E-state index in [1.807, 2.05) is 61.7 Å². The number of aromatic hydroxyl groups is 1. The van der Waals surface area contributed by atoms with Gasteiger partial charge in [0.2, 0.25) is 0 Å². The summed E-state index contributed by atoms with van der Waals surface area (Å²) in [7, 11) is 0. The first kappa shape index (κ1) is 16.2. The third kappa shape index (κ3) is 3.47. The molecule has 0 aliphatic carbocycles. The Morgan fingerprint density at radius 1 is 1.04 bits per heavy atom. The molecule has 1 aromatic heterocycles. The Labute approximate surface area is 145 Å². The standard InChI is InChI=1S/C21H18O2S/c1-14-12-16(13-15(2)21(14)23)5-10-19(22)17-6-8-18(9-7-17)20-4-3-11-24-20/h3-13,23H,1-2H3/b10-5+. The maximum Gasteiger partial charge on any atom is 0.185 e. The summed E-state index contributed by atoms with van der Waals surface area (Å²) < 4.78 is 0. The summed E-state index contributed by atoms with van der Waals surface area (Å²) in [5.74, 6) is 0.277. The largest absolute Gasteiger partial charge is 0.507 e. The first-order valence-electron chi connectivity index (χ1n) is 7.71. The third-order valence-electron chi connectivity index (χ3n) is 3.92. The van der Waals surface area contributed by atoms with Gasteiger partial charge in [0.05, 0.1) is 0 Å². The summed E-state index contributed by atoms with van der Waals surface area (Å²) in [6.07, 6.45) is 3.36. The van der Waals surface area contributed by atoms with Crippen LogP contribution in [0.4, 0.5) is 0 Å². The monoisotopic (exact) mass is 334 g/mol. The molecular weight excluding hydrogens is 316 g/mol. The molecule has 0 aliphatic heterocycles. The fourth-order valence-electron chi connectivity index (χ4n) is 2.60. The molecule has 0 amide bonds. The summed E-state index contributed by atoms with van der Waals surface area (Å²) in [6.45, 7) is 3.70. The van der Waals surface area contributed by atoms with Gasteiger partial charge in [0.15, 0.2) is 5.78 Å². The lowest BCUT2D eigenvalue weighted by Gasteiger charge is -2.04. The van der Waals surface area contributed by atoms with E-state index in [9.17, 15) is 9.90 Å². The van der Waals surface area contributed by atoms with Gasteiger partial charge in [0.1, 0.15) is 5.75 Å². The molecule has 1 heterocycles. The van der Waals surface area contributed by atoms with Crippen LogP contribution in [0.15, 0.2) is 60.0 Å². The molecule has 0 fully saturated rings. The molecule has 0 radical (unpaired) electrons. The van der Waals surface area contributed by atoms with Gasteiger partial charge in [-0.25, -0.2) is 0 Å². The zero-order valence-corrected chi connectivity index (χ0v) is 14.4. The highest BCUT2D eigenvalue weighted by molar-refractivity contribution is 7.13. The predicted molar refractivity (Wildman–Crippen MR) is 101 cm³/mol. The molecule has 0 aliphatic rings. The van der Waals surface area contributed by atoms with Crippen molar-refractivity contribution in [2.24, 2.45) is 0 Å². The first-order valence-corrected chi connectivity index (χ1v) is 8.59. The van der Waals surface area contributed by atoms with Crippen molar-refractivity contribution in [1.82, 2.24) is 0 Å². The zero-order valence-electron chi connectivity index (χ0n) is 13.6. The van der Waals surface area contributed by atoms with Gasteiger partial charge in [0.25, 0.3) is 0 Å². The topological polar surface area (TPSA) is 37.3 Å². The van der Waals surface area contributed by atoms with Crippen molar-refractivity contribution >= 4 is 23.2 Å². The molecule has 0 bridgehead atoms. The normalized spacial score (nSPS) is 11.1. The molecule has 24 heavy (non-hydrogen) atoms. The van der Waals surface area contributed by atoms with Gasteiger partial charge in [-0.2, -0.15) is 0 Å². The molecule has 120 valence electrons. The molecule has 2 aromatic carbocycles. The highest BCUT2D eigenvalue weighted by atomic mass is 32.1. The lowest BCUT2D eigenvalue weighted by Crippen LogP contribution is -1.93. The number of allylic oxidation sites excluding steroid dienone is 1. The average molecular weight is 334 g/mol. The minimum atomic E-state index is -0.0314. The average Bonchev–Trinajstić information content (AvgIpc) is 3.12. The van der Waals surface area contributed by atoms with Crippen LogP contribution in [0.1, 0.15) is 27.0 Å². The van der Waals surface area contributed by atoms with Crippen LogP contribution in [0.25, 0.3) is 16.5 Å². The fourth-order valence-corrected chi connectivity index (χ4v) is 3.33. The second-order valence-electron chi connectivity index (χ2n) is 5.76. The second kappa shape index (κ2) is 6.85. The van der Waals surface area contributed by atoms with E-state index in [0.29, 0.717) is 11.3 Å². The van der Waals surface area contributed by atoms with Crippen molar-refractivity contribution in [3.63, 3.8) is 0 Å². The Morgan fingerprint density at radius 3 is 2.29 bits per heavy atom. The van der Waals surface area contributed by atoms with E-state index < -0.39 is 0 Å². The van der Waals surface area contributed by atoms with Gasteiger partial charge < -0.3 is 5.11 Å².